The van der Waals surface area contributed by atoms with Crippen molar-refractivity contribution in [2.45, 2.75) is 46.1 Å². The van der Waals surface area contributed by atoms with Gasteiger partial charge >= 0.3 is 0 Å². The van der Waals surface area contributed by atoms with Gasteiger partial charge in [-0.2, -0.15) is 5.10 Å². The van der Waals surface area contributed by atoms with Crippen molar-refractivity contribution < 1.29 is 9.59 Å². The fourth-order valence-corrected chi connectivity index (χ4v) is 3.45. The molecule has 0 aliphatic carbocycles. The monoisotopic (exact) mass is 374 g/mol. The van der Waals surface area contributed by atoms with E-state index in [-0.39, 0.29) is 11.8 Å². The summed E-state index contributed by atoms with van der Waals surface area (Å²) in [6.07, 6.45) is 3.47. The molecule has 0 spiro atoms. The first-order chi connectivity index (χ1) is 12.5. The van der Waals surface area contributed by atoms with Gasteiger partial charge in [-0.15, -0.1) is 0 Å². The van der Waals surface area contributed by atoms with E-state index >= 15 is 0 Å². The van der Waals surface area contributed by atoms with Crippen LogP contribution < -0.4 is 10.2 Å². The Morgan fingerprint density at radius 2 is 2.04 bits per heavy atom. The number of benzene rings is 1. The van der Waals surface area contributed by atoms with E-state index in [1.807, 2.05) is 12.1 Å². The highest BCUT2D eigenvalue weighted by atomic mass is 35.5. The smallest absolute Gasteiger partial charge is 0.260 e. The molecule has 1 aromatic carbocycles. The normalized spacial score (nSPS) is 14.1. The average Bonchev–Trinajstić information content (AvgIpc) is 3.16. The summed E-state index contributed by atoms with van der Waals surface area (Å²) in [6.45, 7) is 5.32. The molecular weight excluding hydrogens is 352 g/mol. The van der Waals surface area contributed by atoms with E-state index in [1.54, 1.807) is 28.6 Å². The highest BCUT2D eigenvalue weighted by Crippen LogP contribution is 2.25. The van der Waals surface area contributed by atoms with Crippen LogP contribution in [0.4, 0.5) is 11.4 Å². The third-order valence-electron chi connectivity index (χ3n) is 4.53. The summed E-state index contributed by atoms with van der Waals surface area (Å²) in [4.78, 5) is 26.2. The fourth-order valence-electron chi connectivity index (χ4n) is 3.11. The first kappa shape index (κ1) is 18.5. The Bertz CT molecular complexity index is 814. The number of hydrogen-bond acceptors (Lipinski definition) is 3. The van der Waals surface area contributed by atoms with Gasteiger partial charge in [0.15, 0.2) is 0 Å². The zero-order valence-corrected chi connectivity index (χ0v) is 15.8. The summed E-state index contributed by atoms with van der Waals surface area (Å²) in [5.74, 6) is -0.135. The van der Waals surface area contributed by atoms with Gasteiger partial charge in [-0.3, -0.25) is 14.3 Å². The zero-order chi connectivity index (χ0) is 18.7. The number of nitrogens with zero attached hydrogens (tertiary/aromatic N) is 3. The van der Waals surface area contributed by atoms with Gasteiger partial charge in [0.2, 0.25) is 5.91 Å². The molecule has 1 aliphatic rings. The van der Waals surface area contributed by atoms with Crippen molar-refractivity contribution in [3.63, 3.8) is 0 Å². The molecule has 0 unspecified atom stereocenters. The Balaban J connectivity index is 1.72. The molecule has 1 saturated heterocycles. The highest BCUT2D eigenvalue weighted by molar-refractivity contribution is 6.33. The van der Waals surface area contributed by atoms with Gasteiger partial charge in [0.25, 0.3) is 5.91 Å². The van der Waals surface area contributed by atoms with Gasteiger partial charge in [-0.1, -0.05) is 24.9 Å². The van der Waals surface area contributed by atoms with E-state index in [0.717, 1.165) is 31.5 Å². The molecule has 2 heterocycles. The lowest BCUT2D eigenvalue weighted by Crippen LogP contribution is -2.23. The molecule has 0 atom stereocenters. The van der Waals surface area contributed by atoms with Gasteiger partial charge in [-0.05, 0) is 44.0 Å². The topological polar surface area (TPSA) is 67.2 Å². The summed E-state index contributed by atoms with van der Waals surface area (Å²) in [5, 5.41) is 7.59. The van der Waals surface area contributed by atoms with Crippen LogP contribution in [-0.2, 0) is 11.3 Å². The van der Waals surface area contributed by atoms with Gasteiger partial charge in [0.1, 0.15) is 5.15 Å². The van der Waals surface area contributed by atoms with E-state index in [9.17, 15) is 9.59 Å². The number of amides is 2. The number of hydrogen-bond donors (Lipinski definition) is 1. The Hall–Kier alpha value is -2.34. The van der Waals surface area contributed by atoms with Gasteiger partial charge < -0.3 is 10.2 Å². The van der Waals surface area contributed by atoms with Crippen LogP contribution in [0, 0.1) is 6.92 Å². The molecule has 6 nitrogen and oxygen atoms in total. The second kappa shape index (κ2) is 7.91. The number of aromatic nitrogens is 2. The second-order valence-electron chi connectivity index (χ2n) is 6.48. The maximum atomic E-state index is 12.6. The maximum Gasteiger partial charge on any atom is 0.260 e. The third-order valence-corrected chi connectivity index (χ3v) is 4.91. The van der Waals surface area contributed by atoms with Crippen LogP contribution in [-0.4, -0.2) is 28.1 Å². The molecule has 26 heavy (non-hydrogen) atoms. The van der Waals surface area contributed by atoms with Crippen LogP contribution in [0.1, 0.15) is 48.7 Å². The summed E-state index contributed by atoms with van der Waals surface area (Å²) < 4.78 is 1.68. The lowest BCUT2D eigenvalue weighted by atomic mass is 10.2. The Morgan fingerprint density at radius 3 is 2.65 bits per heavy atom. The minimum Gasteiger partial charge on any atom is -0.322 e. The van der Waals surface area contributed by atoms with Gasteiger partial charge in [0, 0.05) is 30.9 Å². The van der Waals surface area contributed by atoms with E-state index in [4.69, 9.17) is 11.6 Å². The van der Waals surface area contributed by atoms with E-state index in [2.05, 4.69) is 17.3 Å². The van der Waals surface area contributed by atoms with Crippen molar-refractivity contribution in [3.8, 4) is 0 Å². The molecule has 2 aromatic rings. The van der Waals surface area contributed by atoms with Crippen LogP contribution >= 0.6 is 11.6 Å². The number of carbonyl (C=O) groups excluding carboxylic acids is 2. The largest absolute Gasteiger partial charge is 0.322 e. The molecule has 0 bridgehead atoms. The molecular formula is C19H23ClN4O2. The average molecular weight is 375 g/mol. The summed E-state index contributed by atoms with van der Waals surface area (Å²) in [6, 6.07) is 7.28. The molecule has 0 saturated carbocycles. The van der Waals surface area contributed by atoms with Crippen LogP contribution in [0.5, 0.6) is 0 Å². The predicted octanol–water partition coefficient (Wildman–Crippen LogP) is 4.02. The van der Waals surface area contributed by atoms with Crippen LogP contribution in [0.2, 0.25) is 5.15 Å². The van der Waals surface area contributed by atoms with E-state index < -0.39 is 0 Å². The SMILES string of the molecule is CCCCn1nc(C)c(C(=O)Nc2ccc(N3CCCC3=O)cc2)c1Cl. The van der Waals surface area contributed by atoms with Gasteiger partial charge in [-0.25, -0.2) is 0 Å². The summed E-state index contributed by atoms with van der Waals surface area (Å²) in [5.41, 5.74) is 2.53. The first-order valence-electron chi connectivity index (χ1n) is 8.96. The van der Waals surface area contributed by atoms with Crippen LogP contribution in [0.15, 0.2) is 24.3 Å². The Morgan fingerprint density at radius 1 is 1.31 bits per heavy atom. The number of carbonyl (C=O) groups is 2. The molecule has 0 radical (unpaired) electrons. The number of halogens is 1. The Labute approximate surface area is 158 Å². The molecule has 3 rings (SSSR count). The van der Waals surface area contributed by atoms with Crippen molar-refractivity contribution >= 4 is 34.8 Å². The van der Waals surface area contributed by atoms with Crippen LogP contribution in [0.3, 0.4) is 0 Å². The lowest BCUT2D eigenvalue weighted by molar-refractivity contribution is -0.117. The molecule has 138 valence electrons. The number of rotatable bonds is 6. The lowest BCUT2D eigenvalue weighted by Gasteiger charge is -2.16. The maximum absolute atomic E-state index is 12.6. The minimum atomic E-state index is -0.278. The van der Waals surface area contributed by atoms with Crippen molar-refractivity contribution in [3.05, 3.63) is 40.7 Å². The standard InChI is InChI=1S/C19H23ClN4O2/c1-3-4-12-24-18(20)17(13(2)22-24)19(26)21-14-7-9-15(10-8-14)23-11-5-6-16(23)25/h7-10H,3-6,11-12H2,1-2H3,(H,21,26). The van der Waals surface area contributed by atoms with Crippen molar-refractivity contribution in [1.82, 2.24) is 9.78 Å². The summed E-state index contributed by atoms with van der Waals surface area (Å²) in [7, 11) is 0. The molecule has 1 aliphatic heterocycles. The number of unbranched alkanes of at least 4 members (excludes halogenated alkanes) is 1. The van der Waals surface area contributed by atoms with Gasteiger partial charge in [0.05, 0.1) is 11.3 Å². The van der Waals surface area contributed by atoms with Crippen LogP contribution in [0.25, 0.3) is 0 Å². The zero-order valence-electron chi connectivity index (χ0n) is 15.1. The van der Waals surface area contributed by atoms with E-state index in [1.165, 1.54) is 0 Å². The second-order valence-corrected chi connectivity index (χ2v) is 6.84. The van der Waals surface area contributed by atoms with Crippen molar-refractivity contribution in [2.75, 3.05) is 16.8 Å². The van der Waals surface area contributed by atoms with Crippen molar-refractivity contribution in [2.24, 2.45) is 0 Å². The quantitative estimate of drug-likeness (QED) is 0.830. The predicted molar refractivity (Wildman–Crippen MR) is 103 cm³/mol. The molecule has 1 N–H and O–H groups in total. The fraction of sp³-hybridized carbons (Fsp3) is 0.421. The highest BCUT2D eigenvalue weighted by Gasteiger charge is 2.22. The minimum absolute atomic E-state index is 0.142. The Kier molecular flexibility index (Phi) is 5.61. The number of aryl methyl sites for hydroxylation is 2. The molecule has 2 amide bonds. The summed E-state index contributed by atoms with van der Waals surface area (Å²) >= 11 is 6.35. The third kappa shape index (κ3) is 3.75. The molecule has 1 fully saturated rings. The molecule has 1 aromatic heterocycles. The number of nitrogens with one attached hydrogen (secondary N) is 1. The first-order valence-corrected chi connectivity index (χ1v) is 9.33. The number of anilines is 2. The molecule has 7 heteroatoms. The van der Waals surface area contributed by atoms with Crippen molar-refractivity contribution in [1.29, 1.82) is 0 Å². The van der Waals surface area contributed by atoms with E-state index in [0.29, 0.717) is 35.1 Å².